The molecule has 1 aliphatic rings. The SMILES string of the molecule is Nc1nc(N)c2ncn([C@H]3CC(O[P+](=O)O)[C@@H](CO)O3)c2n1. The number of hydrogen-bond acceptors (Lipinski definition) is 9. The average molecular weight is 329 g/mol. The molecule has 2 unspecified atom stereocenters. The Hall–Kier alpha value is -1.91. The summed E-state index contributed by atoms with van der Waals surface area (Å²) >= 11 is 0. The number of rotatable bonds is 4. The van der Waals surface area contributed by atoms with Gasteiger partial charge in [-0.05, 0) is 0 Å². The van der Waals surface area contributed by atoms with Gasteiger partial charge in [0.25, 0.3) is 0 Å². The van der Waals surface area contributed by atoms with Crippen molar-refractivity contribution in [3.05, 3.63) is 6.33 Å². The number of nitrogens with zero attached hydrogens (tertiary/aromatic N) is 4. The number of hydrogen-bond donors (Lipinski definition) is 4. The number of aromatic nitrogens is 4. The van der Waals surface area contributed by atoms with Gasteiger partial charge in [-0.3, -0.25) is 4.57 Å². The zero-order valence-electron chi connectivity index (χ0n) is 11.2. The van der Waals surface area contributed by atoms with Crippen LogP contribution in [0.15, 0.2) is 6.33 Å². The van der Waals surface area contributed by atoms with Crippen LogP contribution in [0.1, 0.15) is 12.6 Å². The second kappa shape index (κ2) is 5.71. The van der Waals surface area contributed by atoms with E-state index in [-0.39, 0.29) is 24.8 Å². The van der Waals surface area contributed by atoms with Crippen LogP contribution in [0.2, 0.25) is 0 Å². The van der Waals surface area contributed by atoms with Crippen molar-refractivity contribution in [3.63, 3.8) is 0 Å². The Kier molecular flexibility index (Phi) is 3.89. The number of ether oxygens (including phenoxy) is 1. The van der Waals surface area contributed by atoms with Gasteiger partial charge in [0, 0.05) is 11.0 Å². The number of nitrogen functional groups attached to an aromatic ring is 2. The first-order chi connectivity index (χ1) is 10.5. The quantitative estimate of drug-likeness (QED) is 0.526. The lowest BCUT2D eigenvalue weighted by Crippen LogP contribution is -2.25. The second-order valence-electron chi connectivity index (χ2n) is 4.72. The Morgan fingerprint density at radius 2 is 2.27 bits per heavy atom. The van der Waals surface area contributed by atoms with E-state index in [0.717, 1.165) is 0 Å². The van der Waals surface area contributed by atoms with Crippen LogP contribution in [-0.4, -0.2) is 48.3 Å². The fraction of sp³-hybridized carbons (Fsp3) is 0.500. The number of nitrogens with two attached hydrogens (primary N) is 2. The first-order valence-corrected chi connectivity index (χ1v) is 7.47. The monoisotopic (exact) mass is 329 g/mol. The predicted molar refractivity (Wildman–Crippen MR) is 74.5 cm³/mol. The lowest BCUT2D eigenvalue weighted by molar-refractivity contribution is -0.0394. The summed E-state index contributed by atoms with van der Waals surface area (Å²) in [5.41, 5.74) is 12.1. The summed E-state index contributed by atoms with van der Waals surface area (Å²) < 4.78 is 22.9. The van der Waals surface area contributed by atoms with Crippen molar-refractivity contribution in [1.82, 2.24) is 19.5 Å². The first kappa shape index (κ1) is 15.0. The minimum atomic E-state index is -2.80. The third kappa shape index (κ3) is 2.60. The van der Waals surface area contributed by atoms with Crippen molar-refractivity contribution in [2.45, 2.75) is 24.9 Å². The van der Waals surface area contributed by atoms with Crippen LogP contribution in [-0.2, 0) is 13.8 Å². The van der Waals surface area contributed by atoms with Gasteiger partial charge in [0.05, 0.1) is 12.9 Å². The summed E-state index contributed by atoms with van der Waals surface area (Å²) in [5.74, 6) is 0.138. The molecular formula is C10H14N6O5P+. The average Bonchev–Trinajstić information content (AvgIpc) is 3.01. The predicted octanol–water partition coefficient (Wildman–Crippen LogP) is -0.695. The number of aliphatic hydroxyl groups excluding tert-OH is 1. The summed E-state index contributed by atoms with van der Waals surface area (Å²) in [5, 5.41) is 9.29. The van der Waals surface area contributed by atoms with Gasteiger partial charge in [0.2, 0.25) is 5.95 Å². The molecule has 2 aromatic heterocycles. The zero-order chi connectivity index (χ0) is 15.9. The van der Waals surface area contributed by atoms with Gasteiger partial charge in [0.1, 0.15) is 24.0 Å². The van der Waals surface area contributed by atoms with E-state index >= 15 is 0 Å². The summed E-state index contributed by atoms with van der Waals surface area (Å²) in [7, 11) is -2.80. The van der Waals surface area contributed by atoms with Gasteiger partial charge in [-0.25, -0.2) is 4.98 Å². The molecule has 1 aliphatic heterocycles. The minimum absolute atomic E-state index is 0.00491. The van der Waals surface area contributed by atoms with E-state index in [1.807, 2.05) is 0 Å². The largest absolute Gasteiger partial charge is 0.695 e. The van der Waals surface area contributed by atoms with E-state index in [1.54, 1.807) is 4.57 Å². The topological polar surface area (TPSA) is 172 Å². The lowest BCUT2D eigenvalue weighted by Gasteiger charge is -2.13. The molecule has 3 heterocycles. The lowest BCUT2D eigenvalue weighted by atomic mass is 10.2. The number of fused-ring (bicyclic) bond motifs is 1. The molecule has 3 rings (SSSR count). The van der Waals surface area contributed by atoms with Crippen molar-refractivity contribution < 1.29 is 23.8 Å². The maximum absolute atomic E-state index is 10.8. The highest BCUT2D eigenvalue weighted by Gasteiger charge is 2.42. The Morgan fingerprint density at radius 1 is 1.50 bits per heavy atom. The summed E-state index contributed by atoms with van der Waals surface area (Å²) in [4.78, 5) is 20.9. The van der Waals surface area contributed by atoms with E-state index < -0.39 is 26.7 Å². The van der Waals surface area contributed by atoms with Crippen molar-refractivity contribution in [2.24, 2.45) is 0 Å². The zero-order valence-corrected chi connectivity index (χ0v) is 12.1. The van der Waals surface area contributed by atoms with Crippen molar-refractivity contribution in [1.29, 1.82) is 0 Å². The van der Waals surface area contributed by atoms with E-state index in [2.05, 4.69) is 15.0 Å². The third-order valence-electron chi connectivity index (χ3n) is 3.36. The molecule has 118 valence electrons. The number of imidazole rings is 1. The molecule has 2 aromatic rings. The molecule has 1 fully saturated rings. The fourth-order valence-electron chi connectivity index (χ4n) is 2.43. The maximum atomic E-state index is 10.8. The summed E-state index contributed by atoms with van der Waals surface area (Å²) in [6.45, 7) is -0.351. The third-order valence-corrected chi connectivity index (χ3v) is 3.81. The van der Waals surface area contributed by atoms with Crippen LogP contribution >= 0.6 is 8.25 Å². The van der Waals surface area contributed by atoms with Gasteiger partial charge >= 0.3 is 8.25 Å². The Balaban J connectivity index is 1.93. The summed E-state index contributed by atoms with van der Waals surface area (Å²) in [6, 6.07) is 0. The number of aliphatic hydroxyl groups is 1. The molecule has 0 spiro atoms. The fourth-order valence-corrected chi connectivity index (χ4v) is 2.88. The van der Waals surface area contributed by atoms with E-state index in [0.29, 0.717) is 11.2 Å². The van der Waals surface area contributed by atoms with Crippen LogP contribution in [0, 0.1) is 0 Å². The minimum Gasteiger partial charge on any atom is -0.394 e. The van der Waals surface area contributed by atoms with Crippen molar-refractivity contribution >= 4 is 31.2 Å². The molecule has 0 aromatic carbocycles. The van der Waals surface area contributed by atoms with E-state index in [9.17, 15) is 9.67 Å². The van der Waals surface area contributed by atoms with E-state index in [4.69, 9.17) is 25.6 Å². The molecule has 12 heteroatoms. The Morgan fingerprint density at radius 3 is 2.95 bits per heavy atom. The van der Waals surface area contributed by atoms with Crippen molar-refractivity contribution in [3.8, 4) is 0 Å². The molecule has 0 amide bonds. The van der Waals surface area contributed by atoms with Crippen LogP contribution in [0.4, 0.5) is 11.8 Å². The highest BCUT2D eigenvalue weighted by molar-refractivity contribution is 7.32. The van der Waals surface area contributed by atoms with Gasteiger partial charge in [-0.15, -0.1) is 9.42 Å². The highest BCUT2D eigenvalue weighted by atomic mass is 31.1. The summed E-state index contributed by atoms with van der Waals surface area (Å²) in [6.07, 6.45) is -0.351. The molecule has 0 bridgehead atoms. The molecule has 11 nitrogen and oxygen atoms in total. The van der Waals surface area contributed by atoms with E-state index in [1.165, 1.54) is 6.33 Å². The molecule has 6 N–H and O–H groups in total. The smallest absolute Gasteiger partial charge is 0.394 e. The maximum Gasteiger partial charge on any atom is 0.695 e. The van der Waals surface area contributed by atoms with Gasteiger partial charge < -0.3 is 21.3 Å². The Bertz CT molecular complexity index is 723. The van der Waals surface area contributed by atoms with Gasteiger partial charge in [-0.1, -0.05) is 0 Å². The molecule has 1 saturated heterocycles. The van der Waals surface area contributed by atoms with Crippen LogP contribution < -0.4 is 11.5 Å². The first-order valence-electron chi connectivity index (χ1n) is 6.34. The van der Waals surface area contributed by atoms with Crippen molar-refractivity contribution in [2.75, 3.05) is 18.1 Å². The van der Waals surface area contributed by atoms with Crippen LogP contribution in [0.3, 0.4) is 0 Å². The molecule has 4 atom stereocenters. The molecule has 0 radical (unpaired) electrons. The van der Waals surface area contributed by atoms with Crippen LogP contribution in [0.5, 0.6) is 0 Å². The standard InChI is InChI=1S/C10H13N6O5P/c11-8-7-9(15-10(12)14-8)16(3-13-7)6-1-4(21-22(18)19)5(2-17)20-6/h3-6,17H,1-2H2,(H4-,11,12,14,15,18,19)/p+1/t4?,5-,6-/m1/s1. The molecule has 0 aliphatic carbocycles. The second-order valence-corrected chi connectivity index (χ2v) is 5.41. The normalized spacial score (nSPS) is 25.7. The van der Waals surface area contributed by atoms with Gasteiger partial charge in [-0.2, -0.15) is 9.97 Å². The molecule has 22 heavy (non-hydrogen) atoms. The van der Waals surface area contributed by atoms with Gasteiger partial charge in [0.15, 0.2) is 11.5 Å². The van der Waals surface area contributed by atoms with Crippen LogP contribution in [0.25, 0.3) is 11.2 Å². The Labute approximate surface area is 124 Å². The highest BCUT2D eigenvalue weighted by Crippen LogP contribution is 2.36. The molecular weight excluding hydrogens is 315 g/mol. The molecule has 0 saturated carbocycles. The number of anilines is 2.